The van der Waals surface area contributed by atoms with E-state index in [2.05, 4.69) is 0 Å². The van der Waals surface area contributed by atoms with Gasteiger partial charge in [0, 0.05) is 0 Å². The first-order valence-electron chi connectivity index (χ1n) is 9.93. The molecular formula is C22F16O2. The molecule has 18 heteroatoms. The Bertz CT molecular complexity index is 1470. The fourth-order valence-corrected chi connectivity index (χ4v) is 4.85. The maximum absolute atomic E-state index is 15.3. The van der Waals surface area contributed by atoms with Crippen molar-refractivity contribution in [3.05, 3.63) is 91.1 Å². The first kappa shape index (κ1) is 27.7. The molecule has 3 aliphatic rings. The van der Waals surface area contributed by atoms with E-state index in [0.717, 1.165) is 0 Å². The molecule has 5 rings (SSSR count). The van der Waals surface area contributed by atoms with E-state index >= 15 is 35.1 Å². The average Bonchev–Trinajstić information content (AvgIpc) is 2.83. The third kappa shape index (κ3) is 2.78. The van der Waals surface area contributed by atoms with Crippen LogP contribution < -0.4 is 0 Å². The van der Waals surface area contributed by atoms with Crippen molar-refractivity contribution < 1.29 is 79.8 Å². The zero-order chi connectivity index (χ0) is 30.4. The Balaban J connectivity index is 1.93. The van der Waals surface area contributed by atoms with E-state index in [4.69, 9.17) is 0 Å². The minimum Gasteiger partial charge on any atom is -0.289 e. The number of alkyl halides is 8. The van der Waals surface area contributed by atoms with Gasteiger partial charge in [-0.15, -0.1) is 0 Å². The Morgan fingerprint density at radius 1 is 0.300 bits per heavy atom. The van der Waals surface area contributed by atoms with E-state index in [1.165, 1.54) is 0 Å². The summed E-state index contributed by atoms with van der Waals surface area (Å²) in [7, 11) is 0. The van der Waals surface area contributed by atoms with Crippen LogP contribution in [0.15, 0.2) is 22.3 Å². The number of carbonyl (C=O) groups excluding carboxylic acids is 2. The fraction of sp³-hybridized carbons (Fsp3) is 0.182. The zero-order valence-electron chi connectivity index (χ0n) is 17.9. The van der Waals surface area contributed by atoms with Crippen LogP contribution in [0.1, 0.15) is 22.3 Å². The van der Waals surface area contributed by atoms with Gasteiger partial charge in [0.2, 0.25) is 0 Å². The van der Waals surface area contributed by atoms with Crippen molar-refractivity contribution >= 4 is 11.6 Å². The van der Waals surface area contributed by atoms with E-state index in [0.29, 0.717) is 0 Å². The van der Waals surface area contributed by atoms with Crippen molar-refractivity contribution in [3.63, 3.8) is 0 Å². The number of ketones is 2. The van der Waals surface area contributed by atoms with Crippen LogP contribution in [-0.2, 0) is 33.3 Å². The second-order valence-corrected chi connectivity index (χ2v) is 8.47. The fourth-order valence-electron chi connectivity index (χ4n) is 4.85. The van der Waals surface area contributed by atoms with Crippen LogP contribution in [-0.4, -0.2) is 11.6 Å². The second kappa shape index (κ2) is 7.45. The first-order valence-corrected chi connectivity index (χ1v) is 9.93. The standard InChI is InChI=1S/C22F16O2/c23-9-1-2(10(24)14(28)13(9)27)20(33,34)6-5(19(1,31)32)17(39)7-8(18(6)40)22(37,38)4-3(21(7,35)36)11(25)15(29)16(30)12(4)26. The number of hydrogen-bond donors (Lipinski definition) is 0. The molecule has 3 aliphatic carbocycles. The van der Waals surface area contributed by atoms with Crippen molar-refractivity contribution in [2.45, 2.75) is 23.7 Å². The van der Waals surface area contributed by atoms with Gasteiger partial charge in [0.05, 0.1) is 44.5 Å². The molecule has 0 radical (unpaired) electrons. The summed E-state index contributed by atoms with van der Waals surface area (Å²) in [6.07, 6.45) is 0. The molecule has 0 heterocycles. The van der Waals surface area contributed by atoms with Gasteiger partial charge < -0.3 is 0 Å². The SMILES string of the molecule is O=C1C2=C(C(=O)C3=C1C(F)(F)c1c(F)c(F)c(F)c(F)c1C3(F)F)C(F)(F)c1c(F)c(F)c(F)c(F)c1C2(F)F. The Labute approximate surface area is 207 Å². The molecule has 2 nitrogen and oxygen atoms in total. The van der Waals surface area contributed by atoms with Crippen LogP contribution in [0.5, 0.6) is 0 Å². The highest BCUT2D eigenvalue weighted by Gasteiger charge is 2.71. The number of halogens is 16. The molecule has 0 bridgehead atoms. The molecular weight excluding hydrogens is 600 g/mol. The van der Waals surface area contributed by atoms with Crippen LogP contribution in [0.3, 0.4) is 0 Å². The third-order valence-electron chi connectivity index (χ3n) is 6.45. The summed E-state index contributed by atoms with van der Waals surface area (Å²) in [5, 5.41) is 0. The summed E-state index contributed by atoms with van der Waals surface area (Å²) in [6.45, 7) is 0. The van der Waals surface area contributed by atoms with Crippen molar-refractivity contribution in [2.24, 2.45) is 0 Å². The summed E-state index contributed by atoms with van der Waals surface area (Å²) in [4.78, 5) is 25.6. The maximum atomic E-state index is 15.3. The van der Waals surface area contributed by atoms with Crippen LogP contribution in [0.2, 0.25) is 0 Å². The van der Waals surface area contributed by atoms with Crippen LogP contribution in [0, 0.1) is 46.5 Å². The summed E-state index contributed by atoms with van der Waals surface area (Å²) < 4.78 is 234. The van der Waals surface area contributed by atoms with Gasteiger partial charge in [-0.05, 0) is 0 Å². The van der Waals surface area contributed by atoms with Crippen molar-refractivity contribution in [1.82, 2.24) is 0 Å². The molecule has 0 N–H and O–H groups in total. The average molecular weight is 600 g/mol. The molecule has 0 saturated heterocycles. The number of Topliss-reactive ketones (excluding diaryl/α,β-unsaturated/α-hetero) is 2. The van der Waals surface area contributed by atoms with E-state index in [9.17, 15) is 44.7 Å². The minimum absolute atomic E-state index is 3.18. The van der Waals surface area contributed by atoms with Gasteiger partial charge in [-0.1, -0.05) is 0 Å². The van der Waals surface area contributed by atoms with Crippen molar-refractivity contribution in [3.8, 4) is 0 Å². The molecule has 0 spiro atoms. The predicted molar refractivity (Wildman–Crippen MR) is 92.2 cm³/mol. The number of hydrogen-bond acceptors (Lipinski definition) is 2. The van der Waals surface area contributed by atoms with Crippen LogP contribution in [0.25, 0.3) is 0 Å². The van der Waals surface area contributed by atoms with Crippen LogP contribution >= 0.6 is 0 Å². The van der Waals surface area contributed by atoms with Gasteiger partial charge in [-0.2, -0.15) is 35.1 Å². The molecule has 40 heavy (non-hydrogen) atoms. The summed E-state index contributed by atoms with van der Waals surface area (Å²) >= 11 is 0. The number of allylic oxidation sites excluding steroid dienone is 4. The van der Waals surface area contributed by atoms with Crippen molar-refractivity contribution in [2.75, 3.05) is 0 Å². The summed E-state index contributed by atoms with van der Waals surface area (Å²) in [6, 6.07) is 0. The molecule has 0 atom stereocenters. The Morgan fingerprint density at radius 3 is 0.600 bits per heavy atom. The Hall–Kier alpha value is -3.86. The number of carbonyl (C=O) groups is 2. The van der Waals surface area contributed by atoms with Gasteiger partial charge in [0.1, 0.15) is 0 Å². The highest BCUT2D eigenvalue weighted by Crippen LogP contribution is 2.63. The highest BCUT2D eigenvalue weighted by molar-refractivity contribution is 6.28. The van der Waals surface area contributed by atoms with E-state index in [-0.39, 0.29) is 0 Å². The van der Waals surface area contributed by atoms with E-state index in [1.54, 1.807) is 0 Å². The predicted octanol–water partition coefficient (Wildman–Crippen LogP) is 6.64. The molecule has 0 amide bonds. The maximum Gasteiger partial charge on any atom is 0.306 e. The van der Waals surface area contributed by atoms with Gasteiger partial charge in [0.25, 0.3) is 0 Å². The first-order chi connectivity index (χ1) is 18.1. The van der Waals surface area contributed by atoms with E-state index < -0.39 is 126 Å². The second-order valence-electron chi connectivity index (χ2n) is 8.47. The van der Waals surface area contributed by atoms with E-state index in [1.807, 2.05) is 0 Å². The summed E-state index contributed by atoms with van der Waals surface area (Å²) in [5.41, 5.74) is -25.8. The lowest BCUT2D eigenvalue weighted by atomic mass is 9.65. The van der Waals surface area contributed by atoms with Gasteiger partial charge in [-0.25, -0.2) is 35.1 Å². The molecule has 2 aromatic rings. The molecule has 2 aromatic carbocycles. The molecule has 0 aliphatic heterocycles. The monoisotopic (exact) mass is 600 g/mol. The lowest BCUT2D eigenvalue weighted by molar-refractivity contribution is -0.132. The smallest absolute Gasteiger partial charge is 0.289 e. The molecule has 0 unspecified atom stereocenters. The number of benzene rings is 2. The topological polar surface area (TPSA) is 34.1 Å². The van der Waals surface area contributed by atoms with Gasteiger partial charge >= 0.3 is 23.7 Å². The minimum atomic E-state index is -5.97. The van der Waals surface area contributed by atoms with Crippen molar-refractivity contribution in [1.29, 1.82) is 0 Å². The highest BCUT2D eigenvalue weighted by atomic mass is 19.3. The summed E-state index contributed by atoms with van der Waals surface area (Å²) in [5.74, 6) is -56.6. The lowest BCUT2D eigenvalue weighted by Crippen LogP contribution is -2.51. The number of rotatable bonds is 0. The number of fused-ring (bicyclic) bond motifs is 2. The lowest BCUT2D eigenvalue weighted by Gasteiger charge is -2.42. The third-order valence-corrected chi connectivity index (χ3v) is 6.45. The molecule has 0 fully saturated rings. The molecule has 212 valence electrons. The van der Waals surface area contributed by atoms with Gasteiger partial charge in [-0.3, -0.25) is 9.59 Å². The quantitative estimate of drug-likeness (QED) is 0.147. The molecule has 0 saturated carbocycles. The normalized spacial score (nSPS) is 21.7. The molecule has 0 aromatic heterocycles. The Morgan fingerprint density at radius 2 is 0.450 bits per heavy atom. The largest absolute Gasteiger partial charge is 0.306 e. The zero-order valence-corrected chi connectivity index (χ0v) is 17.9. The van der Waals surface area contributed by atoms with Gasteiger partial charge in [0.15, 0.2) is 58.1 Å². The Kier molecular flexibility index (Phi) is 5.16. The van der Waals surface area contributed by atoms with Crippen LogP contribution in [0.4, 0.5) is 70.2 Å².